The molecule has 84 valence electrons. The van der Waals surface area contributed by atoms with Gasteiger partial charge in [-0.3, -0.25) is 0 Å². The molecule has 0 saturated carbocycles. The average molecular weight is 229 g/mol. The number of methoxy groups -OCH3 is 1. The molecule has 1 rings (SSSR count). The summed E-state index contributed by atoms with van der Waals surface area (Å²) < 4.78 is 17.8. The SMILES string of the molecule is COCCC(C)Sc1ccc(F)cc1N. The zero-order chi connectivity index (χ0) is 11.3. The second kappa shape index (κ2) is 5.98. The number of thioether (sulfide) groups is 1. The molecular weight excluding hydrogens is 213 g/mol. The fraction of sp³-hybridized carbons (Fsp3) is 0.455. The van der Waals surface area contributed by atoms with Crippen molar-refractivity contribution in [2.75, 3.05) is 19.5 Å². The molecule has 15 heavy (non-hydrogen) atoms. The molecule has 1 unspecified atom stereocenters. The van der Waals surface area contributed by atoms with Gasteiger partial charge in [0, 0.05) is 29.5 Å². The third kappa shape index (κ3) is 4.10. The van der Waals surface area contributed by atoms with Crippen LogP contribution < -0.4 is 5.73 Å². The highest BCUT2D eigenvalue weighted by Gasteiger charge is 2.07. The molecule has 0 bridgehead atoms. The molecule has 0 aliphatic heterocycles. The van der Waals surface area contributed by atoms with E-state index < -0.39 is 0 Å². The van der Waals surface area contributed by atoms with E-state index in [-0.39, 0.29) is 5.82 Å². The summed E-state index contributed by atoms with van der Waals surface area (Å²) in [6.45, 7) is 2.84. The molecule has 0 aliphatic carbocycles. The number of anilines is 1. The normalized spacial score (nSPS) is 12.7. The molecule has 0 spiro atoms. The van der Waals surface area contributed by atoms with E-state index in [4.69, 9.17) is 10.5 Å². The first-order valence-electron chi connectivity index (χ1n) is 4.84. The van der Waals surface area contributed by atoms with Gasteiger partial charge in [0.1, 0.15) is 5.82 Å². The van der Waals surface area contributed by atoms with Gasteiger partial charge in [0.15, 0.2) is 0 Å². The lowest BCUT2D eigenvalue weighted by Gasteiger charge is -2.12. The second-order valence-electron chi connectivity index (χ2n) is 3.39. The summed E-state index contributed by atoms with van der Waals surface area (Å²) in [4.78, 5) is 0.931. The highest BCUT2D eigenvalue weighted by atomic mass is 32.2. The molecule has 1 aromatic carbocycles. The molecule has 4 heteroatoms. The van der Waals surface area contributed by atoms with E-state index in [1.165, 1.54) is 12.1 Å². The molecule has 2 N–H and O–H groups in total. The smallest absolute Gasteiger partial charge is 0.125 e. The Kier molecular flexibility index (Phi) is 4.91. The fourth-order valence-corrected chi connectivity index (χ4v) is 2.18. The predicted octanol–water partition coefficient (Wildman–Crippen LogP) is 2.93. The van der Waals surface area contributed by atoms with Crippen LogP contribution in [0, 0.1) is 5.82 Å². The van der Waals surface area contributed by atoms with Crippen molar-refractivity contribution in [2.45, 2.75) is 23.5 Å². The lowest BCUT2D eigenvalue weighted by molar-refractivity contribution is 0.195. The first-order chi connectivity index (χ1) is 7.13. The number of ether oxygens (including phenoxy) is 1. The number of nitrogens with two attached hydrogens (primary N) is 1. The Bertz CT molecular complexity index is 319. The van der Waals surface area contributed by atoms with Crippen molar-refractivity contribution in [2.24, 2.45) is 0 Å². The van der Waals surface area contributed by atoms with Gasteiger partial charge in [-0.15, -0.1) is 11.8 Å². The van der Waals surface area contributed by atoms with Gasteiger partial charge in [-0.2, -0.15) is 0 Å². The Balaban J connectivity index is 2.56. The molecular formula is C11H16FNOS. The molecule has 0 aromatic heterocycles. The van der Waals surface area contributed by atoms with E-state index in [2.05, 4.69) is 6.92 Å². The predicted molar refractivity (Wildman–Crippen MR) is 62.6 cm³/mol. The first-order valence-corrected chi connectivity index (χ1v) is 5.72. The monoisotopic (exact) mass is 229 g/mol. The summed E-state index contributed by atoms with van der Waals surface area (Å²) in [5.74, 6) is -0.290. The van der Waals surface area contributed by atoms with Crippen molar-refractivity contribution in [1.82, 2.24) is 0 Å². The molecule has 0 heterocycles. The number of halogens is 1. The minimum atomic E-state index is -0.290. The van der Waals surface area contributed by atoms with Crippen molar-refractivity contribution in [3.05, 3.63) is 24.0 Å². The van der Waals surface area contributed by atoms with Crippen molar-refractivity contribution in [3.8, 4) is 0 Å². The van der Waals surface area contributed by atoms with Crippen molar-refractivity contribution in [1.29, 1.82) is 0 Å². The Morgan fingerprint density at radius 2 is 2.27 bits per heavy atom. The Hall–Kier alpha value is -0.740. The maximum absolute atomic E-state index is 12.8. The van der Waals surface area contributed by atoms with E-state index in [0.717, 1.165) is 17.9 Å². The zero-order valence-corrected chi connectivity index (χ0v) is 9.81. The van der Waals surface area contributed by atoms with Crippen LogP contribution in [0.25, 0.3) is 0 Å². The molecule has 0 aliphatic rings. The number of hydrogen-bond acceptors (Lipinski definition) is 3. The summed E-state index contributed by atoms with van der Waals surface area (Å²) in [5.41, 5.74) is 6.21. The van der Waals surface area contributed by atoms with Crippen LogP contribution in [0.3, 0.4) is 0 Å². The summed E-state index contributed by atoms with van der Waals surface area (Å²) >= 11 is 1.65. The first kappa shape index (κ1) is 12.3. The van der Waals surface area contributed by atoms with Gasteiger partial charge in [0.2, 0.25) is 0 Å². The van der Waals surface area contributed by atoms with Crippen LogP contribution in [0.2, 0.25) is 0 Å². The van der Waals surface area contributed by atoms with Crippen molar-refractivity contribution >= 4 is 17.4 Å². The standard InChI is InChI=1S/C11H16FNOS/c1-8(5-6-14-2)15-11-4-3-9(12)7-10(11)13/h3-4,7-8H,5-6,13H2,1-2H3. The van der Waals surface area contributed by atoms with Crippen LogP contribution in [0.4, 0.5) is 10.1 Å². The zero-order valence-electron chi connectivity index (χ0n) is 9.00. The second-order valence-corrected chi connectivity index (χ2v) is 4.87. The molecule has 0 radical (unpaired) electrons. The summed E-state index contributed by atoms with van der Waals surface area (Å²) in [6.07, 6.45) is 0.956. The van der Waals surface area contributed by atoms with Crippen molar-refractivity contribution < 1.29 is 9.13 Å². The number of nitrogen functional groups attached to an aromatic ring is 1. The highest BCUT2D eigenvalue weighted by molar-refractivity contribution is 8.00. The lowest BCUT2D eigenvalue weighted by atomic mass is 10.3. The minimum Gasteiger partial charge on any atom is -0.398 e. The van der Waals surface area contributed by atoms with Gasteiger partial charge in [-0.05, 0) is 24.6 Å². The van der Waals surface area contributed by atoms with E-state index >= 15 is 0 Å². The summed E-state index contributed by atoms with van der Waals surface area (Å²) in [5, 5.41) is 0.415. The Morgan fingerprint density at radius 1 is 1.53 bits per heavy atom. The van der Waals surface area contributed by atoms with Crippen LogP contribution in [-0.2, 0) is 4.74 Å². The Morgan fingerprint density at radius 3 is 2.87 bits per heavy atom. The Labute approximate surface area is 94.0 Å². The minimum absolute atomic E-state index is 0.290. The van der Waals surface area contributed by atoms with Crippen LogP contribution >= 0.6 is 11.8 Å². The highest BCUT2D eigenvalue weighted by Crippen LogP contribution is 2.30. The number of rotatable bonds is 5. The van der Waals surface area contributed by atoms with E-state index in [9.17, 15) is 4.39 Å². The van der Waals surface area contributed by atoms with Gasteiger partial charge in [0.05, 0.1) is 0 Å². The van der Waals surface area contributed by atoms with Crippen molar-refractivity contribution in [3.63, 3.8) is 0 Å². The maximum atomic E-state index is 12.8. The van der Waals surface area contributed by atoms with E-state index in [1.54, 1.807) is 24.9 Å². The van der Waals surface area contributed by atoms with Gasteiger partial charge in [-0.25, -0.2) is 4.39 Å². The molecule has 2 nitrogen and oxygen atoms in total. The van der Waals surface area contributed by atoms with Gasteiger partial charge in [-0.1, -0.05) is 6.92 Å². The lowest BCUT2D eigenvalue weighted by Crippen LogP contribution is -2.02. The van der Waals surface area contributed by atoms with Gasteiger partial charge >= 0.3 is 0 Å². The molecule has 0 fully saturated rings. The molecule has 1 aromatic rings. The molecule has 0 saturated heterocycles. The topological polar surface area (TPSA) is 35.2 Å². The largest absolute Gasteiger partial charge is 0.398 e. The third-order valence-corrected chi connectivity index (χ3v) is 3.29. The van der Waals surface area contributed by atoms with E-state index in [0.29, 0.717) is 10.9 Å². The van der Waals surface area contributed by atoms with Gasteiger partial charge < -0.3 is 10.5 Å². The molecule has 0 amide bonds. The fourth-order valence-electron chi connectivity index (χ4n) is 1.19. The summed E-state index contributed by atoms with van der Waals surface area (Å²) in [7, 11) is 1.68. The van der Waals surface area contributed by atoms with Crippen LogP contribution in [0.15, 0.2) is 23.1 Å². The number of benzene rings is 1. The maximum Gasteiger partial charge on any atom is 0.125 e. The summed E-state index contributed by atoms with van der Waals surface area (Å²) in [6, 6.07) is 4.51. The van der Waals surface area contributed by atoms with Crippen LogP contribution in [-0.4, -0.2) is 19.0 Å². The van der Waals surface area contributed by atoms with Crippen LogP contribution in [0.1, 0.15) is 13.3 Å². The van der Waals surface area contributed by atoms with E-state index in [1.807, 2.05) is 0 Å². The quantitative estimate of drug-likeness (QED) is 0.623. The van der Waals surface area contributed by atoms with Crippen LogP contribution in [0.5, 0.6) is 0 Å². The number of hydrogen-bond donors (Lipinski definition) is 1. The van der Waals surface area contributed by atoms with Gasteiger partial charge in [0.25, 0.3) is 0 Å². The third-order valence-electron chi connectivity index (χ3n) is 2.03. The average Bonchev–Trinajstić information content (AvgIpc) is 2.19. The molecule has 1 atom stereocenters.